The molecule has 3 aliphatic rings. The fraction of sp³-hybridized carbons (Fsp3) is 0.444. The van der Waals surface area contributed by atoms with Crippen LogP contribution in [0.15, 0.2) is 48.5 Å². The summed E-state index contributed by atoms with van der Waals surface area (Å²) in [5.74, 6) is -1.52. The highest BCUT2D eigenvalue weighted by atomic mass is 16.5. The number of benzene rings is 2. The minimum atomic E-state index is -1.11. The zero-order chi connectivity index (χ0) is 24.1. The van der Waals surface area contributed by atoms with E-state index in [1.807, 2.05) is 24.3 Å². The van der Waals surface area contributed by atoms with E-state index in [1.54, 1.807) is 0 Å². The predicted octanol–water partition coefficient (Wildman–Crippen LogP) is 4.16. The highest BCUT2D eigenvalue weighted by Crippen LogP contribution is 2.61. The van der Waals surface area contributed by atoms with E-state index >= 15 is 0 Å². The van der Waals surface area contributed by atoms with E-state index < -0.39 is 23.6 Å². The van der Waals surface area contributed by atoms with Gasteiger partial charge in [0.25, 0.3) is 0 Å². The summed E-state index contributed by atoms with van der Waals surface area (Å²) in [7, 11) is 1.48. The summed E-state index contributed by atoms with van der Waals surface area (Å²) in [5, 5.41) is 12.2. The summed E-state index contributed by atoms with van der Waals surface area (Å²) in [6, 6.07) is 15.3. The summed E-state index contributed by atoms with van der Waals surface area (Å²) in [5.41, 5.74) is 3.51. The molecular weight excluding hydrogens is 432 g/mol. The number of alkyl carbamates (subject to hydrolysis) is 1. The van der Waals surface area contributed by atoms with Crippen LogP contribution in [-0.4, -0.2) is 53.2 Å². The first-order valence-corrected chi connectivity index (χ1v) is 11.9. The van der Waals surface area contributed by atoms with Crippen LogP contribution in [0.2, 0.25) is 0 Å². The molecule has 34 heavy (non-hydrogen) atoms. The standard InChI is InChI=1S/C27H30N2O5/c1-17(23(30)31)29(2)24(32)27(15-26(16-27)12-7-13-26)28-25(33)34-14-22-20-10-5-3-8-18(20)19-9-4-6-11-21(19)22/h3-6,8-11,17,22H,7,12-16H2,1-2H3,(H,28,33)(H,30,31)/t17-/m0/s1. The van der Waals surface area contributed by atoms with Crippen molar-refractivity contribution >= 4 is 18.0 Å². The number of nitrogens with zero attached hydrogens (tertiary/aromatic N) is 1. The molecule has 0 radical (unpaired) electrons. The maximum absolute atomic E-state index is 13.3. The first-order valence-electron chi connectivity index (χ1n) is 11.9. The molecular formula is C27H30N2O5. The third kappa shape index (κ3) is 3.54. The molecule has 1 spiro atoms. The van der Waals surface area contributed by atoms with E-state index in [4.69, 9.17) is 4.74 Å². The molecule has 0 bridgehead atoms. The third-order valence-electron chi connectivity index (χ3n) is 8.12. The maximum atomic E-state index is 13.3. The Kier molecular flexibility index (Phi) is 5.38. The van der Waals surface area contributed by atoms with Gasteiger partial charge in [-0.1, -0.05) is 55.0 Å². The average molecular weight is 463 g/mol. The topological polar surface area (TPSA) is 95.9 Å². The van der Waals surface area contributed by atoms with Gasteiger partial charge in [-0.25, -0.2) is 9.59 Å². The molecule has 3 aliphatic carbocycles. The van der Waals surface area contributed by atoms with E-state index in [2.05, 4.69) is 29.6 Å². The molecule has 1 atom stereocenters. The lowest BCUT2D eigenvalue weighted by Gasteiger charge is -2.60. The van der Waals surface area contributed by atoms with Crippen molar-refractivity contribution in [2.45, 2.75) is 56.5 Å². The average Bonchev–Trinajstić information content (AvgIpc) is 3.11. The molecule has 0 aromatic heterocycles. The molecule has 0 saturated heterocycles. The molecule has 2 aromatic carbocycles. The number of hydrogen-bond donors (Lipinski definition) is 2. The monoisotopic (exact) mass is 462 g/mol. The van der Waals surface area contributed by atoms with Gasteiger partial charge in [0.05, 0.1) is 0 Å². The molecule has 178 valence electrons. The van der Waals surface area contributed by atoms with Crippen molar-refractivity contribution in [3.05, 3.63) is 59.7 Å². The van der Waals surface area contributed by atoms with Crippen molar-refractivity contribution in [2.24, 2.45) is 5.41 Å². The summed E-state index contributed by atoms with van der Waals surface area (Å²) < 4.78 is 5.69. The van der Waals surface area contributed by atoms with Gasteiger partial charge in [0.15, 0.2) is 0 Å². The smallest absolute Gasteiger partial charge is 0.408 e. The summed E-state index contributed by atoms with van der Waals surface area (Å²) in [6.45, 7) is 1.63. The van der Waals surface area contributed by atoms with Crippen molar-refractivity contribution in [2.75, 3.05) is 13.7 Å². The first-order chi connectivity index (χ1) is 16.3. The molecule has 0 heterocycles. The predicted molar refractivity (Wildman–Crippen MR) is 126 cm³/mol. The van der Waals surface area contributed by atoms with Crippen molar-refractivity contribution in [1.82, 2.24) is 10.2 Å². The molecule has 0 aliphatic heterocycles. The molecule has 2 N–H and O–H groups in total. The second-order valence-corrected chi connectivity index (χ2v) is 10.2. The van der Waals surface area contributed by atoms with Gasteiger partial charge in [-0.05, 0) is 60.3 Å². The number of carboxylic acids is 1. The highest BCUT2D eigenvalue weighted by molar-refractivity contribution is 5.93. The van der Waals surface area contributed by atoms with Crippen LogP contribution < -0.4 is 5.32 Å². The van der Waals surface area contributed by atoms with E-state index in [0.717, 1.165) is 41.5 Å². The van der Waals surface area contributed by atoms with Gasteiger partial charge in [-0.2, -0.15) is 0 Å². The molecule has 2 aromatic rings. The number of fused-ring (bicyclic) bond motifs is 3. The fourth-order valence-corrected chi connectivity index (χ4v) is 6.06. The van der Waals surface area contributed by atoms with Gasteiger partial charge < -0.3 is 20.1 Å². The van der Waals surface area contributed by atoms with Crippen molar-refractivity contribution in [3.63, 3.8) is 0 Å². The van der Waals surface area contributed by atoms with Crippen LogP contribution in [0.25, 0.3) is 11.1 Å². The van der Waals surface area contributed by atoms with Crippen LogP contribution in [0.1, 0.15) is 56.1 Å². The normalized spacial score (nSPS) is 19.7. The van der Waals surface area contributed by atoms with Gasteiger partial charge in [-0.15, -0.1) is 0 Å². The van der Waals surface area contributed by atoms with Crippen LogP contribution in [0, 0.1) is 5.41 Å². The molecule has 0 unspecified atom stereocenters. The largest absolute Gasteiger partial charge is 0.480 e. The zero-order valence-corrected chi connectivity index (χ0v) is 19.5. The van der Waals surface area contributed by atoms with Crippen molar-refractivity contribution in [3.8, 4) is 11.1 Å². The second kappa shape index (κ2) is 8.15. The highest BCUT2D eigenvalue weighted by Gasteiger charge is 2.62. The lowest BCUT2D eigenvalue weighted by molar-refractivity contribution is -0.161. The lowest BCUT2D eigenvalue weighted by atomic mass is 9.48. The Morgan fingerprint density at radius 3 is 2.12 bits per heavy atom. The van der Waals surface area contributed by atoms with Crippen LogP contribution >= 0.6 is 0 Å². The minimum absolute atomic E-state index is 0.0705. The number of carboxylic acid groups (broad SMARTS) is 1. The van der Waals surface area contributed by atoms with E-state index in [1.165, 1.54) is 18.9 Å². The number of carbonyl (C=O) groups excluding carboxylic acids is 2. The van der Waals surface area contributed by atoms with Crippen LogP contribution in [0.5, 0.6) is 0 Å². The number of aliphatic carboxylic acids is 1. The van der Waals surface area contributed by atoms with Gasteiger partial charge >= 0.3 is 12.1 Å². The second-order valence-electron chi connectivity index (χ2n) is 10.2. The lowest BCUT2D eigenvalue weighted by Crippen LogP contribution is -2.71. The van der Waals surface area contributed by atoms with Crippen molar-refractivity contribution < 1.29 is 24.2 Å². The zero-order valence-electron chi connectivity index (χ0n) is 19.5. The van der Waals surface area contributed by atoms with Crippen LogP contribution in [0.3, 0.4) is 0 Å². The molecule has 2 saturated carbocycles. The number of ether oxygens (including phenoxy) is 1. The van der Waals surface area contributed by atoms with Gasteiger partial charge in [0, 0.05) is 13.0 Å². The van der Waals surface area contributed by atoms with Gasteiger partial charge in [-0.3, -0.25) is 4.79 Å². The molecule has 7 nitrogen and oxygen atoms in total. The van der Waals surface area contributed by atoms with Crippen molar-refractivity contribution in [1.29, 1.82) is 0 Å². The number of hydrogen-bond acceptors (Lipinski definition) is 4. The minimum Gasteiger partial charge on any atom is -0.480 e. The molecule has 2 amide bonds. The Hall–Kier alpha value is -3.35. The number of carbonyl (C=O) groups is 3. The maximum Gasteiger partial charge on any atom is 0.408 e. The number of likely N-dealkylation sites (N-methyl/N-ethyl adjacent to an activating group) is 1. The fourth-order valence-electron chi connectivity index (χ4n) is 6.06. The summed E-state index contributed by atoms with van der Waals surface area (Å²) in [6.07, 6.45) is 3.61. The summed E-state index contributed by atoms with van der Waals surface area (Å²) in [4.78, 5) is 39.0. The van der Waals surface area contributed by atoms with Crippen LogP contribution in [-0.2, 0) is 14.3 Å². The van der Waals surface area contributed by atoms with E-state index in [9.17, 15) is 19.5 Å². The van der Waals surface area contributed by atoms with Gasteiger partial charge in [0.1, 0.15) is 18.2 Å². The van der Waals surface area contributed by atoms with E-state index in [-0.39, 0.29) is 23.8 Å². The number of nitrogens with one attached hydrogen (secondary N) is 1. The van der Waals surface area contributed by atoms with Gasteiger partial charge in [0.2, 0.25) is 5.91 Å². The Balaban J connectivity index is 1.30. The molecule has 5 rings (SSSR count). The molecule has 2 fully saturated rings. The Morgan fingerprint density at radius 2 is 1.62 bits per heavy atom. The quantitative estimate of drug-likeness (QED) is 0.672. The SMILES string of the molecule is C[C@@H](C(=O)O)N(C)C(=O)C1(NC(=O)OCC2c3ccccc3-c3ccccc32)CC2(CCC2)C1. The Bertz CT molecular complexity index is 1100. The Labute approximate surface area is 199 Å². The van der Waals surface area contributed by atoms with E-state index in [0.29, 0.717) is 12.8 Å². The number of amides is 2. The van der Waals surface area contributed by atoms with Crippen LogP contribution in [0.4, 0.5) is 4.79 Å². The number of rotatable bonds is 6. The third-order valence-corrected chi connectivity index (χ3v) is 8.12. The first kappa shape index (κ1) is 22.4. The Morgan fingerprint density at radius 1 is 1.06 bits per heavy atom. The molecule has 7 heteroatoms. The summed E-state index contributed by atoms with van der Waals surface area (Å²) >= 11 is 0.